The summed E-state index contributed by atoms with van der Waals surface area (Å²) in [5, 5.41) is 6.19. The van der Waals surface area contributed by atoms with Crippen molar-refractivity contribution in [3.63, 3.8) is 0 Å². The van der Waals surface area contributed by atoms with E-state index >= 15 is 0 Å². The molecule has 2 N–H and O–H groups in total. The lowest BCUT2D eigenvalue weighted by atomic mass is 9.93. The highest BCUT2D eigenvalue weighted by molar-refractivity contribution is 6.31. The van der Waals surface area contributed by atoms with Crippen molar-refractivity contribution in [1.29, 1.82) is 0 Å². The molecule has 92 valence electrons. The third-order valence-electron chi connectivity index (χ3n) is 2.85. The quantitative estimate of drug-likeness (QED) is 0.871. The minimum absolute atomic E-state index is 0.213. The fourth-order valence-corrected chi connectivity index (χ4v) is 1.85. The number of ether oxygens (including phenoxy) is 1. The summed E-state index contributed by atoms with van der Waals surface area (Å²) in [6, 6.07) is 5.20. The Balaban J connectivity index is 2.00. The normalized spacial score (nSPS) is 14.9. The molecule has 2 rings (SSSR count). The second kappa shape index (κ2) is 5.27. The van der Waals surface area contributed by atoms with Gasteiger partial charge in [-0.25, -0.2) is 4.79 Å². The Morgan fingerprint density at radius 3 is 2.82 bits per heavy atom. The third-order valence-corrected chi connectivity index (χ3v) is 3.09. The highest BCUT2D eigenvalue weighted by Gasteiger charge is 2.19. The van der Waals surface area contributed by atoms with Crippen molar-refractivity contribution in [3.8, 4) is 5.75 Å². The Morgan fingerprint density at radius 1 is 1.47 bits per heavy atom. The number of anilines is 1. The van der Waals surface area contributed by atoms with Gasteiger partial charge in [-0.1, -0.05) is 11.6 Å². The molecule has 1 aliphatic carbocycles. The van der Waals surface area contributed by atoms with Crippen molar-refractivity contribution in [2.75, 3.05) is 12.4 Å². The molecule has 0 bridgehead atoms. The van der Waals surface area contributed by atoms with E-state index in [1.807, 2.05) is 0 Å². The van der Waals surface area contributed by atoms with Crippen LogP contribution in [0.4, 0.5) is 10.5 Å². The van der Waals surface area contributed by atoms with Crippen molar-refractivity contribution in [2.24, 2.45) is 0 Å². The second-order valence-electron chi connectivity index (χ2n) is 4.07. The summed E-state index contributed by atoms with van der Waals surface area (Å²) in [7, 11) is 1.55. The van der Waals surface area contributed by atoms with Gasteiger partial charge in [0.1, 0.15) is 5.75 Å². The van der Waals surface area contributed by atoms with Crippen LogP contribution in [0, 0.1) is 0 Å². The average Bonchev–Trinajstić information content (AvgIpc) is 2.24. The van der Waals surface area contributed by atoms with Crippen LogP contribution in [-0.4, -0.2) is 19.2 Å². The highest BCUT2D eigenvalue weighted by atomic mass is 35.5. The molecule has 0 radical (unpaired) electrons. The first-order valence-corrected chi connectivity index (χ1v) is 5.98. The molecule has 0 atom stereocenters. The topological polar surface area (TPSA) is 50.4 Å². The number of benzene rings is 1. The Bertz CT molecular complexity index is 419. The summed E-state index contributed by atoms with van der Waals surface area (Å²) in [6.45, 7) is 0. The summed E-state index contributed by atoms with van der Waals surface area (Å²) in [5.41, 5.74) is 0.580. The van der Waals surface area contributed by atoms with Crippen LogP contribution in [-0.2, 0) is 0 Å². The van der Waals surface area contributed by atoms with Gasteiger partial charge in [0.15, 0.2) is 0 Å². The molecule has 1 aromatic carbocycles. The maximum Gasteiger partial charge on any atom is 0.319 e. The van der Waals surface area contributed by atoms with Crippen molar-refractivity contribution >= 4 is 23.3 Å². The molecule has 1 fully saturated rings. The van der Waals surface area contributed by atoms with Crippen molar-refractivity contribution in [3.05, 3.63) is 23.2 Å². The molecule has 1 aliphatic rings. The van der Waals surface area contributed by atoms with Gasteiger partial charge in [-0.05, 0) is 37.5 Å². The maximum absolute atomic E-state index is 11.7. The number of amides is 2. The van der Waals surface area contributed by atoms with Crippen LogP contribution < -0.4 is 15.4 Å². The van der Waals surface area contributed by atoms with E-state index in [0.29, 0.717) is 22.5 Å². The van der Waals surface area contributed by atoms with Gasteiger partial charge in [0.2, 0.25) is 0 Å². The van der Waals surface area contributed by atoms with Gasteiger partial charge in [-0.3, -0.25) is 0 Å². The Kier molecular flexibility index (Phi) is 3.74. The molecule has 5 heteroatoms. The van der Waals surface area contributed by atoms with E-state index in [4.69, 9.17) is 16.3 Å². The number of carbonyl (C=O) groups excluding carboxylic acids is 1. The number of hydrogen-bond acceptors (Lipinski definition) is 2. The summed E-state index contributed by atoms with van der Waals surface area (Å²) in [6.07, 6.45) is 3.30. The zero-order valence-electron chi connectivity index (χ0n) is 9.63. The van der Waals surface area contributed by atoms with Gasteiger partial charge in [0.05, 0.1) is 12.8 Å². The van der Waals surface area contributed by atoms with Crippen molar-refractivity contribution < 1.29 is 9.53 Å². The predicted molar refractivity (Wildman–Crippen MR) is 67.8 cm³/mol. The molecule has 2 amide bonds. The van der Waals surface area contributed by atoms with Gasteiger partial charge < -0.3 is 15.4 Å². The van der Waals surface area contributed by atoms with E-state index in [1.54, 1.807) is 25.3 Å². The van der Waals surface area contributed by atoms with Crippen LogP contribution in [0.3, 0.4) is 0 Å². The smallest absolute Gasteiger partial charge is 0.319 e. The van der Waals surface area contributed by atoms with Gasteiger partial charge in [0, 0.05) is 11.1 Å². The number of carbonyl (C=O) groups is 1. The zero-order valence-corrected chi connectivity index (χ0v) is 10.4. The third kappa shape index (κ3) is 3.03. The lowest BCUT2D eigenvalue weighted by Gasteiger charge is -2.26. The molecule has 17 heavy (non-hydrogen) atoms. The van der Waals surface area contributed by atoms with Crippen LogP contribution in [0.25, 0.3) is 0 Å². The predicted octanol–water partition coefficient (Wildman–Crippen LogP) is 3.02. The molecule has 0 aromatic heterocycles. The SMILES string of the molecule is COc1ccc(Cl)cc1NC(=O)NC1CCC1. The van der Waals surface area contributed by atoms with E-state index in [-0.39, 0.29) is 6.03 Å². The molecule has 0 aliphatic heterocycles. The summed E-state index contributed by atoms with van der Waals surface area (Å²) in [4.78, 5) is 11.7. The molecule has 0 spiro atoms. The van der Waals surface area contributed by atoms with E-state index in [1.165, 1.54) is 6.42 Å². The second-order valence-corrected chi connectivity index (χ2v) is 4.51. The molecular formula is C12H15ClN2O2. The first-order valence-electron chi connectivity index (χ1n) is 5.60. The van der Waals surface area contributed by atoms with Crippen LogP contribution in [0.5, 0.6) is 5.75 Å². The molecule has 4 nitrogen and oxygen atoms in total. The first-order chi connectivity index (χ1) is 8.19. The molecule has 0 unspecified atom stereocenters. The minimum atomic E-state index is -0.213. The number of methoxy groups -OCH3 is 1. The minimum Gasteiger partial charge on any atom is -0.495 e. The van der Waals surface area contributed by atoms with Gasteiger partial charge >= 0.3 is 6.03 Å². The number of halogens is 1. The standard InChI is InChI=1S/C12H15ClN2O2/c1-17-11-6-5-8(13)7-10(11)15-12(16)14-9-3-2-4-9/h5-7,9H,2-4H2,1H3,(H2,14,15,16). The Hall–Kier alpha value is -1.42. The maximum atomic E-state index is 11.7. The Morgan fingerprint density at radius 2 is 2.24 bits per heavy atom. The molecule has 0 heterocycles. The van der Waals surface area contributed by atoms with Crippen LogP contribution in [0.1, 0.15) is 19.3 Å². The fourth-order valence-electron chi connectivity index (χ4n) is 1.67. The summed E-state index contributed by atoms with van der Waals surface area (Å²) >= 11 is 5.87. The van der Waals surface area contributed by atoms with Gasteiger partial charge in [-0.2, -0.15) is 0 Å². The highest BCUT2D eigenvalue weighted by Crippen LogP contribution is 2.27. The van der Waals surface area contributed by atoms with Crippen LogP contribution >= 0.6 is 11.6 Å². The Labute approximate surface area is 105 Å². The largest absolute Gasteiger partial charge is 0.495 e. The van der Waals surface area contributed by atoms with E-state index in [9.17, 15) is 4.79 Å². The molecule has 1 saturated carbocycles. The van der Waals surface area contributed by atoms with Crippen LogP contribution in [0.15, 0.2) is 18.2 Å². The monoisotopic (exact) mass is 254 g/mol. The summed E-state index contributed by atoms with van der Waals surface area (Å²) in [5.74, 6) is 0.596. The lowest BCUT2D eigenvalue weighted by molar-refractivity contribution is 0.240. The van der Waals surface area contributed by atoms with E-state index < -0.39 is 0 Å². The lowest BCUT2D eigenvalue weighted by Crippen LogP contribution is -2.41. The van der Waals surface area contributed by atoms with Crippen molar-refractivity contribution in [2.45, 2.75) is 25.3 Å². The molecule has 1 aromatic rings. The van der Waals surface area contributed by atoms with E-state index in [2.05, 4.69) is 10.6 Å². The zero-order chi connectivity index (χ0) is 12.3. The first kappa shape index (κ1) is 12.0. The van der Waals surface area contributed by atoms with Crippen LogP contribution in [0.2, 0.25) is 5.02 Å². The number of hydrogen-bond donors (Lipinski definition) is 2. The average molecular weight is 255 g/mol. The fraction of sp³-hybridized carbons (Fsp3) is 0.417. The number of rotatable bonds is 3. The molecular weight excluding hydrogens is 240 g/mol. The number of nitrogens with one attached hydrogen (secondary N) is 2. The van der Waals surface area contributed by atoms with E-state index in [0.717, 1.165) is 12.8 Å². The van der Waals surface area contributed by atoms with Gasteiger partial charge in [0.25, 0.3) is 0 Å². The van der Waals surface area contributed by atoms with Gasteiger partial charge in [-0.15, -0.1) is 0 Å². The van der Waals surface area contributed by atoms with Crippen molar-refractivity contribution in [1.82, 2.24) is 5.32 Å². The summed E-state index contributed by atoms with van der Waals surface area (Å²) < 4.78 is 5.15. The molecule has 0 saturated heterocycles. The number of urea groups is 1.